The number of nitrogens with zero attached hydrogens (tertiary/aromatic N) is 1. The highest BCUT2D eigenvalue weighted by molar-refractivity contribution is 5.93. The van der Waals surface area contributed by atoms with E-state index in [2.05, 4.69) is 5.32 Å². The first-order chi connectivity index (χ1) is 11.5. The number of benzene rings is 1. The predicted octanol–water partition coefficient (Wildman–Crippen LogP) is 1.67. The van der Waals surface area contributed by atoms with Gasteiger partial charge in [-0.3, -0.25) is 4.79 Å². The Morgan fingerprint density at radius 3 is 2.46 bits per heavy atom. The summed E-state index contributed by atoms with van der Waals surface area (Å²) in [6.07, 6.45) is 2.38. The normalized spacial score (nSPS) is 24.7. The number of piperazine rings is 1. The first-order valence-corrected chi connectivity index (χ1v) is 8.06. The maximum Gasteiger partial charge on any atom is 0.249 e. The van der Waals surface area contributed by atoms with E-state index in [-0.39, 0.29) is 11.5 Å². The molecule has 3 N–H and O–H groups in total. The number of hydrogen-bond acceptors (Lipinski definition) is 3. The molecule has 2 aliphatic rings. The second-order valence-corrected chi connectivity index (χ2v) is 6.27. The monoisotopic (exact) mass is 339 g/mol. The van der Waals surface area contributed by atoms with E-state index in [1.54, 1.807) is 11.0 Å². The third-order valence-corrected chi connectivity index (χ3v) is 4.71. The molecule has 1 amide bonds. The average Bonchev–Trinajstić information content (AvgIpc) is 2.58. The van der Waals surface area contributed by atoms with E-state index in [1.807, 2.05) is 0 Å². The number of rotatable bonds is 2. The molecule has 1 heterocycles. The minimum Gasteiger partial charge on any atom is -0.336 e. The number of carbonyl (C=O) groups excluding carboxylic acids is 1. The Morgan fingerprint density at radius 2 is 1.79 bits per heavy atom. The topological polar surface area (TPSA) is 58.4 Å². The molecule has 24 heavy (non-hydrogen) atoms. The van der Waals surface area contributed by atoms with Crippen molar-refractivity contribution in [1.29, 1.82) is 0 Å². The standard InChI is InChI=1S/C17H20F3N3O/c18-13-9-15(20)14(19)8-12(13)11-2-1-10(7-16(11)21)17(24)23-5-3-22-4-6-23/h1,8-9,11,16,22H,2-7,21H2. The first-order valence-electron chi connectivity index (χ1n) is 8.06. The molecular weight excluding hydrogens is 319 g/mol. The molecule has 7 heteroatoms. The van der Waals surface area contributed by atoms with E-state index >= 15 is 0 Å². The number of halogens is 3. The molecule has 1 aliphatic carbocycles. The summed E-state index contributed by atoms with van der Waals surface area (Å²) in [6.45, 7) is 2.81. The molecule has 1 aliphatic heterocycles. The molecule has 4 nitrogen and oxygen atoms in total. The van der Waals surface area contributed by atoms with Crippen LogP contribution >= 0.6 is 0 Å². The number of allylic oxidation sites excluding steroid dienone is 1. The fourth-order valence-electron chi connectivity index (χ4n) is 3.35. The van der Waals surface area contributed by atoms with E-state index in [1.165, 1.54) is 0 Å². The summed E-state index contributed by atoms with van der Waals surface area (Å²) in [5.74, 6) is -3.63. The summed E-state index contributed by atoms with van der Waals surface area (Å²) in [7, 11) is 0. The molecular formula is C17H20F3N3O. The van der Waals surface area contributed by atoms with Crippen molar-refractivity contribution < 1.29 is 18.0 Å². The summed E-state index contributed by atoms with van der Waals surface area (Å²) >= 11 is 0. The van der Waals surface area contributed by atoms with Crippen molar-refractivity contribution in [3.05, 3.63) is 46.8 Å². The summed E-state index contributed by atoms with van der Waals surface area (Å²) < 4.78 is 40.5. The lowest BCUT2D eigenvalue weighted by Crippen LogP contribution is -2.47. The van der Waals surface area contributed by atoms with Gasteiger partial charge < -0.3 is 16.0 Å². The van der Waals surface area contributed by atoms with E-state index in [4.69, 9.17) is 5.73 Å². The van der Waals surface area contributed by atoms with Crippen molar-refractivity contribution in [1.82, 2.24) is 10.2 Å². The fraction of sp³-hybridized carbons (Fsp3) is 0.471. The smallest absolute Gasteiger partial charge is 0.249 e. The number of nitrogens with two attached hydrogens (primary N) is 1. The lowest BCUT2D eigenvalue weighted by Gasteiger charge is -2.33. The molecule has 130 valence electrons. The highest BCUT2D eigenvalue weighted by atomic mass is 19.2. The summed E-state index contributed by atoms with van der Waals surface area (Å²) in [4.78, 5) is 14.3. The van der Waals surface area contributed by atoms with Gasteiger partial charge in [0.2, 0.25) is 5.91 Å². The largest absolute Gasteiger partial charge is 0.336 e. The molecule has 0 radical (unpaired) electrons. The Kier molecular flexibility index (Phi) is 4.91. The van der Waals surface area contributed by atoms with Gasteiger partial charge in [0.05, 0.1) is 0 Å². The predicted molar refractivity (Wildman–Crippen MR) is 83.8 cm³/mol. The minimum atomic E-state index is -1.22. The van der Waals surface area contributed by atoms with Crippen LogP contribution in [0.25, 0.3) is 0 Å². The fourth-order valence-corrected chi connectivity index (χ4v) is 3.35. The van der Waals surface area contributed by atoms with Crippen molar-refractivity contribution in [2.75, 3.05) is 26.2 Å². The Labute approximate surface area is 138 Å². The van der Waals surface area contributed by atoms with E-state index < -0.39 is 29.4 Å². The lowest BCUT2D eigenvalue weighted by molar-refractivity contribution is -0.128. The van der Waals surface area contributed by atoms with Crippen molar-refractivity contribution in [3.8, 4) is 0 Å². The van der Waals surface area contributed by atoms with Crippen LogP contribution in [-0.2, 0) is 4.79 Å². The molecule has 2 atom stereocenters. The molecule has 1 aromatic carbocycles. The minimum absolute atomic E-state index is 0.0452. The number of hydrogen-bond donors (Lipinski definition) is 2. The van der Waals surface area contributed by atoms with Crippen LogP contribution in [0.5, 0.6) is 0 Å². The highest BCUT2D eigenvalue weighted by Gasteiger charge is 2.31. The van der Waals surface area contributed by atoms with Gasteiger partial charge in [-0.25, -0.2) is 13.2 Å². The Balaban J connectivity index is 1.77. The zero-order valence-electron chi connectivity index (χ0n) is 13.2. The van der Waals surface area contributed by atoms with Crippen LogP contribution in [0.15, 0.2) is 23.8 Å². The van der Waals surface area contributed by atoms with Gasteiger partial charge in [0.15, 0.2) is 11.6 Å². The molecule has 0 aromatic heterocycles. The number of nitrogens with one attached hydrogen (secondary N) is 1. The molecule has 1 aromatic rings. The zero-order valence-corrected chi connectivity index (χ0v) is 13.2. The molecule has 2 unspecified atom stereocenters. The molecule has 0 bridgehead atoms. The highest BCUT2D eigenvalue weighted by Crippen LogP contribution is 2.34. The van der Waals surface area contributed by atoms with E-state index in [0.29, 0.717) is 37.6 Å². The van der Waals surface area contributed by atoms with E-state index in [0.717, 1.165) is 19.2 Å². The zero-order chi connectivity index (χ0) is 17.3. The Bertz CT molecular complexity index is 671. The molecule has 0 spiro atoms. The maximum absolute atomic E-state index is 14.0. The van der Waals surface area contributed by atoms with Crippen molar-refractivity contribution in [2.24, 2.45) is 5.73 Å². The van der Waals surface area contributed by atoms with Crippen LogP contribution in [0.4, 0.5) is 13.2 Å². The number of amides is 1. The quantitative estimate of drug-likeness (QED) is 0.806. The maximum atomic E-state index is 14.0. The second kappa shape index (κ2) is 6.94. The number of carbonyl (C=O) groups is 1. The van der Waals surface area contributed by atoms with Gasteiger partial charge in [0.1, 0.15) is 5.82 Å². The van der Waals surface area contributed by atoms with Gasteiger partial charge in [-0.2, -0.15) is 0 Å². The average molecular weight is 339 g/mol. The summed E-state index contributed by atoms with van der Waals surface area (Å²) in [5, 5.41) is 3.18. The molecule has 1 saturated heterocycles. The van der Waals surface area contributed by atoms with Gasteiger partial charge in [0, 0.05) is 49.8 Å². The molecule has 3 rings (SSSR count). The van der Waals surface area contributed by atoms with Crippen LogP contribution in [0.3, 0.4) is 0 Å². The van der Waals surface area contributed by atoms with Crippen LogP contribution in [0.1, 0.15) is 24.3 Å². The third kappa shape index (κ3) is 3.32. The lowest BCUT2D eigenvalue weighted by atomic mass is 9.80. The van der Waals surface area contributed by atoms with Gasteiger partial charge in [0.25, 0.3) is 0 Å². The van der Waals surface area contributed by atoms with Crippen LogP contribution in [-0.4, -0.2) is 43.0 Å². The Hall–Kier alpha value is -1.86. The SMILES string of the molecule is NC1CC(C(=O)N2CCNCC2)=CCC1c1cc(F)c(F)cc1F. The Morgan fingerprint density at radius 1 is 1.12 bits per heavy atom. The van der Waals surface area contributed by atoms with Gasteiger partial charge in [-0.1, -0.05) is 6.08 Å². The van der Waals surface area contributed by atoms with E-state index in [9.17, 15) is 18.0 Å². The summed E-state index contributed by atoms with van der Waals surface area (Å²) in [6, 6.07) is 0.894. The van der Waals surface area contributed by atoms with Gasteiger partial charge in [-0.15, -0.1) is 0 Å². The second-order valence-electron chi connectivity index (χ2n) is 6.27. The van der Waals surface area contributed by atoms with Crippen LogP contribution in [0, 0.1) is 17.5 Å². The summed E-state index contributed by atoms with van der Waals surface area (Å²) in [5.41, 5.74) is 6.79. The van der Waals surface area contributed by atoms with Crippen LogP contribution in [0.2, 0.25) is 0 Å². The molecule has 1 fully saturated rings. The van der Waals surface area contributed by atoms with Crippen molar-refractivity contribution in [3.63, 3.8) is 0 Å². The van der Waals surface area contributed by atoms with Crippen LogP contribution < -0.4 is 11.1 Å². The first kappa shape index (κ1) is 17.0. The van der Waals surface area contributed by atoms with Gasteiger partial charge in [-0.05, 0) is 24.5 Å². The molecule has 0 saturated carbocycles. The van der Waals surface area contributed by atoms with Crippen molar-refractivity contribution >= 4 is 5.91 Å². The van der Waals surface area contributed by atoms with Crippen molar-refractivity contribution in [2.45, 2.75) is 24.8 Å². The third-order valence-electron chi connectivity index (χ3n) is 4.71. The van der Waals surface area contributed by atoms with Gasteiger partial charge >= 0.3 is 0 Å².